The van der Waals surface area contributed by atoms with Crippen LogP contribution in [0.15, 0.2) is 176 Å². The van der Waals surface area contributed by atoms with Crippen molar-refractivity contribution in [1.82, 2.24) is 9.55 Å². The van der Waals surface area contributed by atoms with Gasteiger partial charge in [-0.15, -0.1) is 53.6 Å². The van der Waals surface area contributed by atoms with Crippen LogP contribution in [-0.2, 0) is 37.3 Å². The normalized spacial score (nSPS) is 12.8. The van der Waals surface area contributed by atoms with Gasteiger partial charge in [0.2, 0.25) is 5.82 Å². The molecule has 0 saturated heterocycles. The molecule has 0 amide bonds. The summed E-state index contributed by atoms with van der Waals surface area (Å²) in [6.45, 7) is 25.3. The fraction of sp³-hybridized carbons (Fsp3) is 0.200. The zero-order valence-corrected chi connectivity index (χ0v) is 52.1. The summed E-state index contributed by atoms with van der Waals surface area (Å²) in [7, 11) is 0. The number of halogens is 5. The molecule has 2 aromatic heterocycles. The van der Waals surface area contributed by atoms with E-state index in [4.69, 9.17) is 9.72 Å². The second kappa shape index (κ2) is 22.5. The molecule has 1 aliphatic heterocycles. The van der Waals surface area contributed by atoms with E-state index in [-0.39, 0.29) is 54.5 Å². The van der Waals surface area contributed by atoms with Gasteiger partial charge in [0.15, 0.2) is 23.3 Å². The third-order valence-corrected chi connectivity index (χ3v) is 16.1. The summed E-state index contributed by atoms with van der Waals surface area (Å²) in [4.78, 5) is 8.60. The Labute approximate surface area is 515 Å². The van der Waals surface area contributed by atoms with Crippen LogP contribution >= 0.6 is 0 Å². The fourth-order valence-corrected chi connectivity index (χ4v) is 11.5. The van der Waals surface area contributed by atoms with Gasteiger partial charge in [-0.25, -0.2) is 26.9 Å². The van der Waals surface area contributed by atoms with Crippen molar-refractivity contribution in [1.29, 1.82) is 0 Å². The molecule has 0 spiro atoms. The van der Waals surface area contributed by atoms with Crippen molar-refractivity contribution in [2.45, 2.75) is 98.3 Å². The molecular weight excluding hydrogens is 1260 g/mol. The number of pyridine rings is 1. The van der Waals surface area contributed by atoms with Crippen molar-refractivity contribution in [3.8, 4) is 61.8 Å². The van der Waals surface area contributed by atoms with Gasteiger partial charge in [-0.2, -0.15) is 6.07 Å². The van der Waals surface area contributed by atoms with Gasteiger partial charge < -0.3 is 19.1 Å². The number of nitrogens with zero attached hydrogens (tertiary/aromatic N) is 4. The molecular formula is C75H64F5N4OPt-3. The van der Waals surface area contributed by atoms with Crippen LogP contribution in [0, 0.1) is 47.9 Å². The van der Waals surface area contributed by atoms with Crippen molar-refractivity contribution < 1.29 is 47.8 Å². The van der Waals surface area contributed by atoms with Crippen molar-refractivity contribution in [2.24, 2.45) is 0 Å². The number of benzene rings is 9. The maximum Gasteiger partial charge on any atom is 0.200 e. The largest absolute Gasteiger partial charge is 0.509 e. The van der Waals surface area contributed by atoms with Crippen LogP contribution in [0.1, 0.15) is 104 Å². The van der Waals surface area contributed by atoms with E-state index in [9.17, 15) is 0 Å². The molecule has 1 aliphatic rings. The molecule has 9 aromatic carbocycles. The van der Waals surface area contributed by atoms with Crippen LogP contribution in [0.3, 0.4) is 0 Å². The first-order valence-electron chi connectivity index (χ1n) is 28.7. The van der Waals surface area contributed by atoms with E-state index in [1.807, 2.05) is 126 Å². The van der Waals surface area contributed by atoms with Gasteiger partial charge in [0.1, 0.15) is 5.82 Å². The fourth-order valence-electron chi connectivity index (χ4n) is 11.5. The summed E-state index contributed by atoms with van der Waals surface area (Å²) in [6, 6.07) is 62.3. The third kappa shape index (κ3) is 10.8. The molecule has 12 rings (SSSR count). The van der Waals surface area contributed by atoms with Crippen LogP contribution in [0.2, 0.25) is 0 Å². The van der Waals surface area contributed by atoms with Gasteiger partial charge in [0.05, 0.1) is 5.56 Å². The zero-order valence-electron chi connectivity index (χ0n) is 49.8. The average molecular weight is 1330 g/mol. The molecule has 438 valence electrons. The predicted molar refractivity (Wildman–Crippen MR) is 336 cm³/mol. The van der Waals surface area contributed by atoms with Crippen LogP contribution < -0.4 is 14.5 Å². The van der Waals surface area contributed by atoms with E-state index in [2.05, 4.69) is 141 Å². The number of ether oxygens (including phenoxy) is 1. The second-order valence-electron chi connectivity index (χ2n) is 25.4. The molecule has 11 aromatic rings. The SMILES string of the molecule is CC(C)c1ccccc1-c1cc(Oc2[c-]c3c(cc2)c2ccccc2n3-c2cc(C(C)(C)C)ccn2)[c-]c(N2[CH-]N(c3c(-c4cc(C(C)(C)C)cc(C(C)(C)C)c4)cc(-c4ccccc4)cc3-c3c(F)c(F)c(F)c(F)c3F)c3ccccc32)c1.[Pt]. The molecule has 0 fully saturated rings. The number of aromatic nitrogens is 2. The van der Waals surface area contributed by atoms with E-state index in [0.29, 0.717) is 50.8 Å². The van der Waals surface area contributed by atoms with Gasteiger partial charge in [0.25, 0.3) is 0 Å². The molecule has 3 heterocycles. The molecule has 86 heavy (non-hydrogen) atoms. The summed E-state index contributed by atoms with van der Waals surface area (Å²) in [5.41, 5.74) is 9.84. The number of anilines is 4. The smallest absolute Gasteiger partial charge is 0.200 e. The number of hydrogen-bond acceptors (Lipinski definition) is 4. The topological polar surface area (TPSA) is 33.5 Å². The van der Waals surface area contributed by atoms with Crippen LogP contribution in [0.4, 0.5) is 44.7 Å². The number of para-hydroxylation sites is 3. The van der Waals surface area contributed by atoms with Crippen LogP contribution in [-0.4, -0.2) is 9.55 Å². The Kier molecular flexibility index (Phi) is 15.5. The minimum Gasteiger partial charge on any atom is -0.509 e. The summed E-state index contributed by atoms with van der Waals surface area (Å²) in [5, 5.41) is 2.01. The summed E-state index contributed by atoms with van der Waals surface area (Å²) in [5.74, 6) is -8.56. The number of rotatable bonds is 10. The first-order chi connectivity index (χ1) is 40.4. The molecule has 0 saturated carbocycles. The summed E-state index contributed by atoms with van der Waals surface area (Å²) < 4.78 is 89.9. The molecule has 0 N–H and O–H groups in total. The first-order valence-corrected chi connectivity index (χ1v) is 28.7. The van der Waals surface area contributed by atoms with Crippen molar-refractivity contribution >= 4 is 44.6 Å². The zero-order chi connectivity index (χ0) is 60.0. The first kappa shape index (κ1) is 59.4. The predicted octanol–water partition coefficient (Wildman–Crippen LogP) is 21.4. The number of fused-ring (bicyclic) bond motifs is 4. The molecule has 0 bridgehead atoms. The molecule has 0 atom stereocenters. The second-order valence-corrected chi connectivity index (χ2v) is 25.4. The van der Waals surface area contributed by atoms with Gasteiger partial charge in [-0.05, 0) is 115 Å². The quantitative estimate of drug-likeness (QED) is 0.0591. The Morgan fingerprint density at radius 2 is 1.06 bits per heavy atom. The summed E-state index contributed by atoms with van der Waals surface area (Å²) >= 11 is 0. The van der Waals surface area contributed by atoms with Crippen molar-refractivity contribution in [3.05, 3.63) is 246 Å². The monoisotopic (exact) mass is 1330 g/mol. The van der Waals surface area contributed by atoms with E-state index >= 15 is 22.0 Å². The molecule has 0 radical (unpaired) electrons. The Morgan fingerprint density at radius 1 is 0.477 bits per heavy atom. The maximum atomic E-state index is 16.9. The van der Waals surface area contributed by atoms with Gasteiger partial charge in [-0.1, -0.05) is 185 Å². The molecule has 0 aliphatic carbocycles. The molecule has 5 nitrogen and oxygen atoms in total. The molecule has 0 unspecified atom stereocenters. The summed E-state index contributed by atoms with van der Waals surface area (Å²) in [6.07, 6.45) is 1.84. The Bertz CT molecular complexity index is 4380. The van der Waals surface area contributed by atoms with E-state index in [1.54, 1.807) is 11.6 Å². The average Bonchev–Trinajstić information content (AvgIpc) is 1.41. The third-order valence-electron chi connectivity index (χ3n) is 16.1. The van der Waals surface area contributed by atoms with Crippen LogP contribution in [0.25, 0.3) is 72.1 Å². The van der Waals surface area contributed by atoms with Gasteiger partial charge in [-0.3, -0.25) is 0 Å². The Morgan fingerprint density at radius 3 is 1.72 bits per heavy atom. The Balaban J connectivity index is 0.00000768. The van der Waals surface area contributed by atoms with E-state index in [0.717, 1.165) is 61.0 Å². The minimum absolute atomic E-state index is 0. The van der Waals surface area contributed by atoms with Gasteiger partial charge in [0, 0.05) is 72.5 Å². The standard InChI is InChI=1S/C75H64F5N4O.Pt/c1-44(2)55-23-15-16-24-56(55)48-35-52(41-54(36-48)85-53-29-30-58-57-25-17-18-26-61(57)84(64(58)42-53)65-40-49(31-32-81-65)73(3,4)5)82-43-83(63-28-20-19-27-62(63)82)72-59(47-33-50(74(6,7)8)39-51(34-47)75(9,10)11)37-46(45-21-13-12-14-22-45)38-60(72)66-67(76)69(78)71(80)70(79)68(66)77;/h12-40,43-44H,1-11H3;/q-3;. The maximum absolute atomic E-state index is 16.9. The van der Waals surface area contributed by atoms with E-state index < -0.39 is 34.6 Å². The van der Waals surface area contributed by atoms with Gasteiger partial charge >= 0.3 is 0 Å². The molecule has 11 heteroatoms. The van der Waals surface area contributed by atoms with E-state index in [1.165, 1.54) is 6.07 Å². The number of hydrogen-bond donors (Lipinski definition) is 0. The minimum atomic E-state index is -2.24. The van der Waals surface area contributed by atoms with Crippen molar-refractivity contribution in [2.75, 3.05) is 9.80 Å². The van der Waals surface area contributed by atoms with Crippen LogP contribution in [0.5, 0.6) is 11.5 Å². The Hall–Kier alpha value is -8.33. The van der Waals surface area contributed by atoms with Crippen molar-refractivity contribution in [3.63, 3.8) is 0 Å².